The number of aliphatic hydroxyl groups is 4. The van der Waals surface area contributed by atoms with E-state index in [0.29, 0.717) is 38.3 Å². The molecule has 7 aliphatic rings. The molecule has 7 rings (SSSR count). The van der Waals surface area contributed by atoms with Crippen LogP contribution in [0.4, 0.5) is 4.79 Å². The van der Waals surface area contributed by atoms with E-state index in [0.717, 1.165) is 6.42 Å². The minimum Gasteiger partial charge on any atom is -0.458 e. The Bertz CT molecular complexity index is 1620. The van der Waals surface area contributed by atoms with Crippen LogP contribution in [-0.2, 0) is 38.1 Å². The highest BCUT2D eigenvalue weighted by atomic mass is 16.7. The van der Waals surface area contributed by atoms with E-state index in [2.05, 4.69) is 11.8 Å². The van der Waals surface area contributed by atoms with E-state index in [1.165, 1.54) is 13.8 Å². The van der Waals surface area contributed by atoms with E-state index in [9.17, 15) is 44.7 Å². The molecular weight excluding hydrogens is 730 g/mol. The molecule has 4 bridgehead atoms. The highest BCUT2D eigenvalue weighted by molar-refractivity contribution is 5.79. The zero-order chi connectivity index (χ0) is 41.3. The second-order valence-corrected chi connectivity index (χ2v) is 19.5. The van der Waals surface area contributed by atoms with Crippen LogP contribution in [0.15, 0.2) is 0 Å². The van der Waals surface area contributed by atoms with Crippen LogP contribution in [0.5, 0.6) is 0 Å². The standard InChI is InChI=1S/C41H63NO14/c1-10-20(4)33(45)55-32-27(44)26-22(18-42-17-19(3)12-13-24(42)38(26,8)50)23-16-40-31(41(23,32)51)29(52-21(5)43)28(54-35(47)48)30-36(40,6)15-14-25(39(30,9)56-40)53-34(46)37(7,49)11-2/h19-20,22-32,44,49-51H,10-18H2,1-9H3,(H,47,48)/t19-,20?,22?,23?,24-,25-,26?,27?,28?,29?,30?,31?,32-,36-,37?,38?,39+,40+,41-/m0/s1. The van der Waals surface area contributed by atoms with Crippen molar-refractivity contribution in [2.24, 2.45) is 46.8 Å². The SMILES string of the molecule is CCC(C)C(=O)O[C@H]1C(O)C2C(CN3C[C@@H](C)CC[C@H]3C2(C)O)C2C[C@@]34O[C@@]5(C)C(C(OC(=O)O)C(OC(C)=O)C3[C@@]21O)[C@]4(C)CC[C@@H]5OC(=O)C(C)(O)CC. The molecule has 0 aromatic carbocycles. The average Bonchev–Trinajstić information content (AvgIpc) is 3.40. The fourth-order valence-corrected chi connectivity index (χ4v) is 13.5. The van der Waals surface area contributed by atoms with Crippen molar-refractivity contribution in [3.8, 4) is 0 Å². The molecule has 0 amide bonds. The lowest BCUT2D eigenvalue weighted by molar-refractivity contribution is -0.300. The molecule has 0 radical (unpaired) electrons. The van der Waals surface area contributed by atoms with Crippen LogP contribution in [0, 0.1) is 46.8 Å². The Labute approximate surface area is 328 Å². The van der Waals surface area contributed by atoms with Gasteiger partial charge in [-0.15, -0.1) is 0 Å². The lowest BCUT2D eigenvalue weighted by Crippen LogP contribution is -2.78. The summed E-state index contributed by atoms with van der Waals surface area (Å²) in [5, 5.41) is 60.3. The van der Waals surface area contributed by atoms with E-state index < -0.39 is 124 Å². The Hall–Kier alpha value is -2.56. The number of hydrogen-bond acceptors (Lipinski definition) is 14. The first-order valence-corrected chi connectivity index (χ1v) is 20.7. The number of ether oxygens (including phenoxy) is 5. The van der Waals surface area contributed by atoms with E-state index in [-0.39, 0.29) is 25.3 Å². The van der Waals surface area contributed by atoms with Crippen LogP contribution in [0.1, 0.15) is 107 Å². The van der Waals surface area contributed by atoms with Crippen molar-refractivity contribution in [3.05, 3.63) is 0 Å². The topological polar surface area (TPSA) is 219 Å². The van der Waals surface area contributed by atoms with Crippen molar-refractivity contribution in [3.63, 3.8) is 0 Å². The third-order valence-electron chi connectivity index (χ3n) is 16.3. The van der Waals surface area contributed by atoms with Gasteiger partial charge in [-0.2, -0.15) is 0 Å². The zero-order valence-corrected chi connectivity index (χ0v) is 34.2. The molecule has 15 heteroatoms. The first-order valence-electron chi connectivity index (χ1n) is 20.7. The van der Waals surface area contributed by atoms with Crippen molar-refractivity contribution in [1.29, 1.82) is 0 Å². The number of esters is 3. The maximum atomic E-state index is 13.9. The van der Waals surface area contributed by atoms with Crippen LogP contribution >= 0.6 is 0 Å². The second-order valence-electron chi connectivity index (χ2n) is 19.5. The molecule has 3 saturated heterocycles. The molecule has 56 heavy (non-hydrogen) atoms. The number of rotatable bonds is 8. The molecule has 15 nitrogen and oxygen atoms in total. The highest BCUT2D eigenvalue weighted by Crippen LogP contribution is 2.78. The van der Waals surface area contributed by atoms with Crippen LogP contribution < -0.4 is 0 Å². The van der Waals surface area contributed by atoms with Gasteiger partial charge in [0.05, 0.1) is 29.1 Å². The predicted octanol–water partition coefficient (Wildman–Crippen LogP) is 2.81. The number of carbonyl (C=O) groups excluding carboxylic acids is 3. The third kappa shape index (κ3) is 5.56. The smallest absolute Gasteiger partial charge is 0.458 e. The number of aliphatic hydroxyl groups excluding tert-OH is 1. The summed E-state index contributed by atoms with van der Waals surface area (Å²) >= 11 is 0. The summed E-state index contributed by atoms with van der Waals surface area (Å²) < 4.78 is 31.5. The van der Waals surface area contributed by atoms with Crippen molar-refractivity contribution in [2.75, 3.05) is 13.1 Å². The molecule has 4 aliphatic carbocycles. The largest absolute Gasteiger partial charge is 0.506 e. The van der Waals surface area contributed by atoms with Gasteiger partial charge in [0.15, 0.2) is 11.7 Å². The van der Waals surface area contributed by atoms with E-state index in [4.69, 9.17) is 23.7 Å². The van der Waals surface area contributed by atoms with E-state index in [1.54, 1.807) is 27.7 Å². The minimum absolute atomic E-state index is 0.0688. The summed E-state index contributed by atoms with van der Waals surface area (Å²) in [4.78, 5) is 55.3. The van der Waals surface area contributed by atoms with Crippen LogP contribution in [0.3, 0.4) is 0 Å². The molecule has 3 heterocycles. The second kappa shape index (κ2) is 13.5. The Morgan fingerprint density at radius 2 is 1.62 bits per heavy atom. The molecule has 0 aromatic rings. The number of fused-ring (bicyclic) bond motifs is 5. The normalized spacial score (nSPS) is 50.5. The molecule has 316 valence electrons. The van der Waals surface area contributed by atoms with Gasteiger partial charge in [0, 0.05) is 43.3 Å². The van der Waals surface area contributed by atoms with Crippen molar-refractivity contribution in [2.45, 2.75) is 172 Å². The lowest BCUT2D eigenvalue weighted by atomic mass is 9.47. The zero-order valence-electron chi connectivity index (χ0n) is 34.2. The average molecular weight is 794 g/mol. The quantitative estimate of drug-likeness (QED) is 0.176. The van der Waals surface area contributed by atoms with Crippen LogP contribution in [0.25, 0.3) is 0 Å². The number of piperidine rings is 2. The Morgan fingerprint density at radius 1 is 0.964 bits per heavy atom. The van der Waals surface area contributed by atoms with Gasteiger partial charge < -0.3 is 49.2 Å². The summed E-state index contributed by atoms with van der Waals surface area (Å²) in [6, 6.07) is -0.297. The molecule has 1 spiro atoms. The van der Waals surface area contributed by atoms with Gasteiger partial charge in [-0.05, 0) is 83.5 Å². The number of hydrogen-bond donors (Lipinski definition) is 5. The van der Waals surface area contributed by atoms with Gasteiger partial charge in [-0.1, -0.05) is 34.6 Å². The lowest BCUT2D eigenvalue weighted by Gasteiger charge is -2.64. The molecule has 4 saturated carbocycles. The first-order chi connectivity index (χ1) is 26.0. The molecule has 0 aromatic heterocycles. The Kier molecular flexibility index (Phi) is 10.0. The maximum Gasteiger partial charge on any atom is 0.506 e. The number of nitrogens with zero attached hydrogens (tertiary/aromatic N) is 1. The van der Waals surface area contributed by atoms with Crippen LogP contribution in [-0.4, -0.2) is 132 Å². The molecular formula is C41H63NO14. The van der Waals surface area contributed by atoms with E-state index >= 15 is 0 Å². The molecule has 7 fully saturated rings. The number of carboxylic acid groups (broad SMARTS) is 1. The fraction of sp³-hybridized carbons (Fsp3) is 0.902. The first kappa shape index (κ1) is 41.6. The predicted molar refractivity (Wildman–Crippen MR) is 196 cm³/mol. The maximum absolute atomic E-state index is 13.9. The van der Waals surface area contributed by atoms with Gasteiger partial charge in [-0.3, -0.25) is 14.5 Å². The fourth-order valence-electron chi connectivity index (χ4n) is 13.5. The van der Waals surface area contributed by atoms with Crippen molar-refractivity contribution in [1.82, 2.24) is 4.90 Å². The summed E-state index contributed by atoms with van der Waals surface area (Å²) in [6.07, 6.45) is -6.15. The molecule has 3 aliphatic heterocycles. The molecule has 5 N–H and O–H groups in total. The van der Waals surface area contributed by atoms with Crippen molar-refractivity contribution < 1.29 is 68.4 Å². The summed E-state index contributed by atoms with van der Waals surface area (Å²) in [5.41, 5.74) is -9.44. The number of carbonyl (C=O) groups is 4. The minimum atomic E-state index is -2.20. The van der Waals surface area contributed by atoms with Gasteiger partial charge in [0.1, 0.15) is 29.5 Å². The molecule has 11 unspecified atom stereocenters. The summed E-state index contributed by atoms with van der Waals surface area (Å²) in [5.74, 6) is -7.07. The van der Waals surface area contributed by atoms with E-state index in [1.807, 2.05) is 13.8 Å². The van der Waals surface area contributed by atoms with Gasteiger partial charge >= 0.3 is 24.1 Å². The van der Waals surface area contributed by atoms with Gasteiger partial charge in [0.2, 0.25) is 0 Å². The van der Waals surface area contributed by atoms with Gasteiger partial charge in [0.25, 0.3) is 0 Å². The Morgan fingerprint density at radius 3 is 2.23 bits per heavy atom. The highest BCUT2D eigenvalue weighted by Gasteiger charge is 2.89. The van der Waals surface area contributed by atoms with Crippen molar-refractivity contribution >= 4 is 24.1 Å². The Balaban J connectivity index is 1.45. The monoisotopic (exact) mass is 793 g/mol. The third-order valence-corrected chi connectivity index (χ3v) is 16.3. The summed E-state index contributed by atoms with van der Waals surface area (Å²) in [7, 11) is 0. The van der Waals surface area contributed by atoms with Gasteiger partial charge in [-0.25, -0.2) is 9.59 Å². The summed E-state index contributed by atoms with van der Waals surface area (Å²) in [6.45, 7) is 16.3. The van der Waals surface area contributed by atoms with Crippen LogP contribution in [0.2, 0.25) is 0 Å². The molecule has 19 atom stereocenters.